The van der Waals surface area contributed by atoms with Crippen molar-refractivity contribution in [3.8, 4) is 0 Å². The third-order valence-electron chi connectivity index (χ3n) is 4.67. The molecule has 2 amide bonds. The van der Waals surface area contributed by atoms with Crippen LogP contribution in [0.1, 0.15) is 22.1 Å². The Labute approximate surface area is 164 Å². The molecule has 1 fully saturated rings. The summed E-state index contributed by atoms with van der Waals surface area (Å²) in [4.78, 5) is 44.3. The number of imide groups is 1. The highest BCUT2D eigenvalue weighted by Gasteiger charge is 2.48. The second-order valence-corrected chi connectivity index (χ2v) is 7.63. The SMILES string of the molecule is Cc1ccc(C)c(N2C(=O)C(=O)C(c3nc4ccccc4s3)/C(=N/N)C2=O)c1. The summed E-state index contributed by atoms with van der Waals surface area (Å²) >= 11 is 1.24. The van der Waals surface area contributed by atoms with E-state index in [2.05, 4.69) is 10.1 Å². The van der Waals surface area contributed by atoms with Gasteiger partial charge in [-0.05, 0) is 43.2 Å². The maximum absolute atomic E-state index is 13.1. The third kappa shape index (κ3) is 2.69. The molecule has 0 bridgehead atoms. The van der Waals surface area contributed by atoms with Gasteiger partial charge in [0, 0.05) is 0 Å². The van der Waals surface area contributed by atoms with Crippen molar-refractivity contribution >= 4 is 50.6 Å². The monoisotopic (exact) mass is 392 g/mol. The zero-order valence-electron chi connectivity index (χ0n) is 15.2. The quantitative estimate of drug-likeness (QED) is 0.312. The summed E-state index contributed by atoms with van der Waals surface area (Å²) in [5.41, 5.74) is 2.39. The molecule has 1 unspecified atom stereocenters. The van der Waals surface area contributed by atoms with Crippen LogP contribution in [0.5, 0.6) is 0 Å². The molecule has 1 aliphatic heterocycles. The fourth-order valence-corrected chi connectivity index (χ4v) is 4.31. The summed E-state index contributed by atoms with van der Waals surface area (Å²) in [6, 6.07) is 12.7. The van der Waals surface area contributed by atoms with Crippen molar-refractivity contribution in [3.05, 3.63) is 58.6 Å². The smallest absolute Gasteiger partial charge is 0.302 e. The van der Waals surface area contributed by atoms with Crippen molar-refractivity contribution in [1.29, 1.82) is 0 Å². The predicted molar refractivity (Wildman–Crippen MR) is 107 cm³/mol. The number of benzene rings is 2. The molecule has 1 atom stereocenters. The van der Waals surface area contributed by atoms with Crippen LogP contribution in [0.15, 0.2) is 47.6 Å². The maximum atomic E-state index is 13.1. The number of Topliss-reactive ketones (excluding diaryl/α,β-unsaturated/α-hetero) is 1. The number of aromatic nitrogens is 1. The van der Waals surface area contributed by atoms with Crippen LogP contribution in [0.3, 0.4) is 0 Å². The second-order valence-electron chi connectivity index (χ2n) is 6.57. The van der Waals surface area contributed by atoms with Gasteiger partial charge in [0.15, 0.2) is 0 Å². The van der Waals surface area contributed by atoms with Gasteiger partial charge in [0.25, 0.3) is 5.91 Å². The summed E-state index contributed by atoms with van der Waals surface area (Å²) in [7, 11) is 0. The van der Waals surface area contributed by atoms with E-state index < -0.39 is 23.5 Å². The molecule has 28 heavy (non-hydrogen) atoms. The first kappa shape index (κ1) is 18.0. The van der Waals surface area contributed by atoms with E-state index in [9.17, 15) is 14.4 Å². The van der Waals surface area contributed by atoms with Gasteiger partial charge in [0.1, 0.15) is 16.6 Å². The molecular weight excluding hydrogens is 376 g/mol. The van der Waals surface area contributed by atoms with Gasteiger partial charge < -0.3 is 5.84 Å². The number of aryl methyl sites for hydroxylation is 2. The van der Waals surface area contributed by atoms with Crippen LogP contribution in [-0.4, -0.2) is 28.3 Å². The Morgan fingerprint density at radius 2 is 1.82 bits per heavy atom. The number of anilines is 1. The van der Waals surface area contributed by atoms with E-state index in [1.165, 1.54) is 11.3 Å². The Morgan fingerprint density at radius 1 is 1.07 bits per heavy atom. The first-order valence-corrected chi connectivity index (χ1v) is 9.37. The Kier molecular flexibility index (Phi) is 4.27. The molecule has 2 N–H and O–H groups in total. The van der Waals surface area contributed by atoms with E-state index in [0.29, 0.717) is 21.8 Å². The Bertz CT molecular complexity index is 1150. The molecule has 4 rings (SSSR count). The summed E-state index contributed by atoms with van der Waals surface area (Å²) in [5.74, 6) is 1.91. The van der Waals surface area contributed by atoms with Crippen molar-refractivity contribution in [1.82, 2.24) is 4.98 Å². The lowest BCUT2D eigenvalue weighted by atomic mass is 9.91. The van der Waals surface area contributed by atoms with Crippen LogP contribution in [0.2, 0.25) is 0 Å². The van der Waals surface area contributed by atoms with Gasteiger partial charge in [-0.25, -0.2) is 9.88 Å². The number of carbonyl (C=O) groups is 3. The average Bonchev–Trinajstić information content (AvgIpc) is 3.10. The van der Waals surface area contributed by atoms with Crippen molar-refractivity contribution in [2.45, 2.75) is 19.8 Å². The molecule has 2 heterocycles. The molecule has 0 aliphatic carbocycles. The lowest BCUT2D eigenvalue weighted by Crippen LogP contribution is -2.55. The summed E-state index contributed by atoms with van der Waals surface area (Å²) in [5, 5.41) is 3.92. The minimum absolute atomic E-state index is 0.190. The number of hydrogen-bond acceptors (Lipinski definition) is 7. The van der Waals surface area contributed by atoms with Gasteiger partial charge in [-0.1, -0.05) is 24.3 Å². The normalized spacial score (nSPS) is 19.1. The van der Waals surface area contributed by atoms with Crippen molar-refractivity contribution in [2.24, 2.45) is 10.9 Å². The molecule has 1 aromatic heterocycles. The molecule has 1 saturated heterocycles. The number of ketones is 1. The molecule has 0 saturated carbocycles. The Hall–Kier alpha value is -3.39. The highest BCUT2D eigenvalue weighted by atomic mass is 32.1. The number of amides is 2. The van der Waals surface area contributed by atoms with Gasteiger partial charge in [0.05, 0.1) is 15.9 Å². The molecule has 8 heteroatoms. The Morgan fingerprint density at radius 3 is 2.54 bits per heavy atom. The molecule has 2 aromatic carbocycles. The van der Waals surface area contributed by atoms with Crippen molar-refractivity contribution in [3.63, 3.8) is 0 Å². The number of piperidine rings is 1. The molecule has 3 aromatic rings. The number of hydrogen-bond donors (Lipinski definition) is 1. The Balaban J connectivity index is 1.83. The van der Waals surface area contributed by atoms with Crippen LogP contribution >= 0.6 is 11.3 Å². The average molecular weight is 392 g/mol. The summed E-state index contributed by atoms with van der Waals surface area (Å²) < 4.78 is 0.846. The lowest BCUT2D eigenvalue weighted by molar-refractivity contribution is -0.139. The highest BCUT2D eigenvalue weighted by Crippen LogP contribution is 2.34. The summed E-state index contributed by atoms with van der Waals surface area (Å²) in [6.45, 7) is 3.60. The first-order chi connectivity index (χ1) is 13.4. The number of carbonyl (C=O) groups excluding carboxylic acids is 3. The predicted octanol–water partition coefficient (Wildman–Crippen LogP) is 2.45. The molecular formula is C20H16N4O3S. The summed E-state index contributed by atoms with van der Waals surface area (Å²) in [6.07, 6.45) is 0. The number of nitrogens with zero attached hydrogens (tertiary/aromatic N) is 3. The third-order valence-corrected chi connectivity index (χ3v) is 5.77. The number of fused-ring (bicyclic) bond motifs is 1. The van der Waals surface area contributed by atoms with Crippen LogP contribution in [0, 0.1) is 13.8 Å². The van der Waals surface area contributed by atoms with Gasteiger partial charge in [-0.2, -0.15) is 5.10 Å². The van der Waals surface area contributed by atoms with Crippen LogP contribution in [0.4, 0.5) is 5.69 Å². The van der Waals surface area contributed by atoms with Gasteiger partial charge in [-0.15, -0.1) is 11.3 Å². The minimum atomic E-state index is -1.19. The fourth-order valence-electron chi connectivity index (χ4n) is 3.24. The number of para-hydroxylation sites is 1. The zero-order chi connectivity index (χ0) is 20.0. The zero-order valence-corrected chi connectivity index (χ0v) is 16.0. The molecule has 0 radical (unpaired) electrons. The molecule has 140 valence electrons. The van der Waals surface area contributed by atoms with Gasteiger partial charge in [0.2, 0.25) is 5.78 Å². The first-order valence-electron chi connectivity index (χ1n) is 8.55. The topological polar surface area (TPSA) is 106 Å². The largest absolute Gasteiger partial charge is 0.323 e. The van der Waals surface area contributed by atoms with E-state index in [1.807, 2.05) is 31.2 Å². The number of hydrazone groups is 1. The lowest BCUT2D eigenvalue weighted by Gasteiger charge is -2.29. The molecule has 0 spiro atoms. The van der Waals surface area contributed by atoms with Gasteiger partial charge >= 0.3 is 5.91 Å². The van der Waals surface area contributed by atoms with E-state index in [-0.39, 0.29) is 5.71 Å². The molecule has 7 nitrogen and oxygen atoms in total. The van der Waals surface area contributed by atoms with Crippen LogP contribution in [0.25, 0.3) is 10.2 Å². The number of rotatable bonds is 2. The van der Waals surface area contributed by atoms with E-state index in [4.69, 9.17) is 5.84 Å². The highest BCUT2D eigenvalue weighted by molar-refractivity contribution is 7.19. The van der Waals surface area contributed by atoms with E-state index >= 15 is 0 Å². The van der Waals surface area contributed by atoms with E-state index in [0.717, 1.165) is 15.2 Å². The minimum Gasteiger partial charge on any atom is -0.323 e. The van der Waals surface area contributed by atoms with Crippen LogP contribution in [-0.2, 0) is 14.4 Å². The molecule has 1 aliphatic rings. The van der Waals surface area contributed by atoms with Gasteiger partial charge in [-0.3, -0.25) is 14.4 Å². The second kappa shape index (κ2) is 6.65. The van der Waals surface area contributed by atoms with Crippen LogP contribution < -0.4 is 10.7 Å². The number of thiazole rings is 1. The number of nitrogens with two attached hydrogens (primary N) is 1. The van der Waals surface area contributed by atoms with Crippen molar-refractivity contribution in [2.75, 3.05) is 4.90 Å². The standard InChI is InChI=1S/C20H16N4O3S/c1-10-7-8-11(2)13(9-10)24-19(26)16(23-21)15(17(25)20(24)27)18-22-12-5-3-4-6-14(12)28-18/h3-9,15H,21H2,1-2H3/b23-16-. The maximum Gasteiger partial charge on any atom is 0.302 e. The van der Waals surface area contributed by atoms with Crippen molar-refractivity contribution < 1.29 is 14.4 Å². The van der Waals surface area contributed by atoms with E-state index in [1.54, 1.807) is 25.1 Å². The fraction of sp³-hybridized carbons (Fsp3) is 0.150.